The molecule has 0 aliphatic carbocycles. The van der Waals surface area contributed by atoms with Gasteiger partial charge in [-0.1, -0.05) is 0 Å². The lowest BCUT2D eigenvalue weighted by Gasteiger charge is -2.27. The van der Waals surface area contributed by atoms with Gasteiger partial charge < -0.3 is 24.4 Å². The fraction of sp³-hybridized carbons (Fsp3) is 0.727. The predicted octanol–water partition coefficient (Wildman–Crippen LogP) is -0.855. The molecular formula is C11H19N5O3. The van der Waals surface area contributed by atoms with Crippen molar-refractivity contribution in [3.63, 3.8) is 0 Å². The smallest absolute Gasteiger partial charge is 0.323 e. The van der Waals surface area contributed by atoms with Crippen LogP contribution in [-0.4, -0.2) is 73.7 Å². The van der Waals surface area contributed by atoms with E-state index in [4.69, 9.17) is 14.6 Å². The Morgan fingerprint density at radius 2 is 2.00 bits per heavy atom. The summed E-state index contributed by atoms with van der Waals surface area (Å²) in [4.78, 5) is 16.7. The van der Waals surface area contributed by atoms with Crippen molar-refractivity contribution >= 4 is 11.9 Å². The zero-order chi connectivity index (χ0) is 13.7. The molecule has 0 aromatic carbocycles. The molecule has 0 radical (unpaired) electrons. The van der Waals surface area contributed by atoms with Crippen molar-refractivity contribution < 1.29 is 14.6 Å². The molecule has 1 fully saturated rings. The lowest BCUT2D eigenvalue weighted by Crippen LogP contribution is -2.37. The Morgan fingerprint density at radius 3 is 2.63 bits per heavy atom. The first-order valence-corrected chi connectivity index (χ1v) is 6.20. The fourth-order valence-corrected chi connectivity index (χ4v) is 1.64. The summed E-state index contributed by atoms with van der Waals surface area (Å²) >= 11 is 0. The number of nitrogens with zero attached hydrogens (tertiary/aromatic N) is 5. The maximum atomic E-state index is 8.79. The Labute approximate surface area is 112 Å². The van der Waals surface area contributed by atoms with Gasteiger partial charge in [-0.3, -0.25) is 0 Å². The maximum Gasteiger partial charge on any atom is 0.323 e. The van der Waals surface area contributed by atoms with Gasteiger partial charge in [0.05, 0.1) is 19.8 Å². The van der Waals surface area contributed by atoms with Crippen LogP contribution in [0.1, 0.15) is 0 Å². The van der Waals surface area contributed by atoms with Crippen LogP contribution in [0.2, 0.25) is 0 Å². The van der Waals surface area contributed by atoms with Gasteiger partial charge in [0.2, 0.25) is 11.9 Å². The van der Waals surface area contributed by atoms with Gasteiger partial charge in [0.25, 0.3) is 0 Å². The molecule has 1 aliphatic heterocycles. The highest BCUT2D eigenvalue weighted by Crippen LogP contribution is 2.17. The van der Waals surface area contributed by atoms with Gasteiger partial charge in [0.1, 0.15) is 6.61 Å². The van der Waals surface area contributed by atoms with E-state index in [1.165, 1.54) is 0 Å². The normalized spacial score (nSPS) is 15.4. The molecule has 1 saturated heterocycles. The van der Waals surface area contributed by atoms with Gasteiger partial charge in [-0.2, -0.15) is 15.0 Å². The van der Waals surface area contributed by atoms with Crippen molar-refractivity contribution in [3.05, 3.63) is 0 Å². The Bertz CT molecular complexity index is 409. The van der Waals surface area contributed by atoms with Crippen molar-refractivity contribution in [1.82, 2.24) is 15.0 Å². The van der Waals surface area contributed by atoms with E-state index in [1.54, 1.807) is 4.90 Å². The molecule has 1 aromatic heterocycles. The molecule has 2 heterocycles. The minimum Gasteiger partial charge on any atom is -0.461 e. The lowest BCUT2D eigenvalue weighted by molar-refractivity contribution is 0.122. The van der Waals surface area contributed by atoms with Crippen LogP contribution in [0.5, 0.6) is 6.01 Å². The highest BCUT2D eigenvalue weighted by molar-refractivity contribution is 5.39. The molecule has 0 spiro atoms. The van der Waals surface area contributed by atoms with E-state index in [0.717, 1.165) is 13.1 Å². The van der Waals surface area contributed by atoms with Crippen molar-refractivity contribution in [2.24, 2.45) is 0 Å². The third-order valence-electron chi connectivity index (χ3n) is 2.61. The van der Waals surface area contributed by atoms with Crippen LogP contribution in [0.25, 0.3) is 0 Å². The van der Waals surface area contributed by atoms with Crippen LogP contribution in [0.4, 0.5) is 11.9 Å². The molecule has 8 nitrogen and oxygen atoms in total. The molecular weight excluding hydrogens is 250 g/mol. The second-order valence-electron chi connectivity index (χ2n) is 4.28. The van der Waals surface area contributed by atoms with Crippen LogP contribution in [0.3, 0.4) is 0 Å². The second kappa shape index (κ2) is 6.48. The van der Waals surface area contributed by atoms with Gasteiger partial charge in [-0.15, -0.1) is 0 Å². The third-order valence-corrected chi connectivity index (χ3v) is 2.61. The van der Waals surface area contributed by atoms with Gasteiger partial charge >= 0.3 is 6.01 Å². The summed E-state index contributed by atoms with van der Waals surface area (Å²) in [6.07, 6.45) is 0. The molecule has 0 bridgehead atoms. The zero-order valence-corrected chi connectivity index (χ0v) is 11.2. The highest BCUT2D eigenvalue weighted by atomic mass is 16.5. The topological polar surface area (TPSA) is 83.8 Å². The summed E-state index contributed by atoms with van der Waals surface area (Å²) < 4.78 is 10.6. The fourth-order valence-electron chi connectivity index (χ4n) is 1.64. The van der Waals surface area contributed by atoms with Crippen molar-refractivity contribution in [2.45, 2.75) is 0 Å². The summed E-state index contributed by atoms with van der Waals surface area (Å²) in [6.45, 7) is 2.91. The van der Waals surface area contributed by atoms with E-state index in [9.17, 15) is 0 Å². The largest absolute Gasteiger partial charge is 0.461 e. The average molecular weight is 269 g/mol. The molecule has 1 aromatic rings. The molecule has 0 saturated carbocycles. The number of aliphatic hydroxyl groups is 1. The predicted molar refractivity (Wildman–Crippen MR) is 69.8 cm³/mol. The van der Waals surface area contributed by atoms with E-state index in [-0.39, 0.29) is 19.2 Å². The highest BCUT2D eigenvalue weighted by Gasteiger charge is 2.17. The average Bonchev–Trinajstić information content (AvgIpc) is 2.45. The zero-order valence-electron chi connectivity index (χ0n) is 11.2. The van der Waals surface area contributed by atoms with E-state index >= 15 is 0 Å². The number of morpholine rings is 1. The number of hydrogen-bond donors (Lipinski definition) is 1. The number of aromatic nitrogens is 3. The van der Waals surface area contributed by atoms with E-state index < -0.39 is 0 Å². The molecule has 2 rings (SSSR count). The minimum absolute atomic E-state index is 0.0735. The number of anilines is 2. The first kappa shape index (κ1) is 13.8. The summed E-state index contributed by atoms with van der Waals surface area (Å²) in [6, 6.07) is 0.231. The monoisotopic (exact) mass is 269 g/mol. The van der Waals surface area contributed by atoms with Gasteiger partial charge in [0.15, 0.2) is 0 Å². The Kier molecular flexibility index (Phi) is 4.69. The van der Waals surface area contributed by atoms with Crippen LogP contribution in [0, 0.1) is 0 Å². The summed E-state index contributed by atoms with van der Waals surface area (Å²) in [5.41, 5.74) is 0. The number of hydrogen-bond acceptors (Lipinski definition) is 8. The molecule has 8 heteroatoms. The standard InChI is InChI=1S/C11H19N5O3/c1-15(2)9-12-10(16-3-6-18-7-4-16)14-11(13-9)19-8-5-17/h17H,3-8H2,1-2H3. The molecule has 1 N–H and O–H groups in total. The summed E-state index contributed by atoms with van der Waals surface area (Å²) in [5.74, 6) is 1.11. The number of ether oxygens (including phenoxy) is 2. The van der Waals surface area contributed by atoms with Crippen molar-refractivity contribution in [2.75, 3.05) is 63.4 Å². The SMILES string of the molecule is CN(C)c1nc(OCCO)nc(N2CCOCC2)n1. The van der Waals surface area contributed by atoms with E-state index in [0.29, 0.717) is 25.1 Å². The number of rotatable bonds is 5. The first-order chi connectivity index (χ1) is 9.20. The van der Waals surface area contributed by atoms with Crippen molar-refractivity contribution in [3.8, 4) is 6.01 Å². The summed E-state index contributed by atoms with van der Waals surface area (Å²) in [7, 11) is 3.71. The Balaban J connectivity index is 2.22. The molecule has 106 valence electrons. The minimum atomic E-state index is -0.0735. The maximum absolute atomic E-state index is 8.79. The lowest BCUT2D eigenvalue weighted by atomic mass is 10.4. The van der Waals surface area contributed by atoms with Gasteiger partial charge in [-0.05, 0) is 0 Å². The van der Waals surface area contributed by atoms with Crippen LogP contribution >= 0.6 is 0 Å². The van der Waals surface area contributed by atoms with E-state index in [2.05, 4.69) is 15.0 Å². The van der Waals surface area contributed by atoms with Crippen molar-refractivity contribution in [1.29, 1.82) is 0 Å². The molecule has 0 atom stereocenters. The molecule has 0 amide bonds. The van der Waals surface area contributed by atoms with E-state index in [1.807, 2.05) is 19.0 Å². The second-order valence-corrected chi connectivity index (χ2v) is 4.28. The Morgan fingerprint density at radius 1 is 1.26 bits per heavy atom. The Hall–Kier alpha value is -1.67. The number of aliphatic hydroxyl groups excluding tert-OH is 1. The van der Waals surface area contributed by atoms with Crippen LogP contribution in [-0.2, 0) is 4.74 Å². The summed E-state index contributed by atoms with van der Waals surface area (Å²) in [5, 5.41) is 8.79. The third kappa shape index (κ3) is 3.65. The van der Waals surface area contributed by atoms with Gasteiger partial charge in [0, 0.05) is 27.2 Å². The molecule has 0 unspecified atom stereocenters. The van der Waals surface area contributed by atoms with Crippen LogP contribution < -0.4 is 14.5 Å². The molecule has 19 heavy (non-hydrogen) atoms. The first-order valence-electron chi connectivity index (χ1n) is 6.20. The van der Waals surface area contributed by atoms with Gasteiger partial charge in [-0.25, -0.2) is 0 Å². The van der Waals surface area contributed by atoms with Crippen LogP contribution in [0.15, 0.2) is 0 Å². The quantitative estimate of drug-likeness (QED) is 0.739. The molecule has 1 aliphatic rings.